The van der Waals surface area contributed by atoms with Crippen LogP contribution in [0, 0.1) is 5.92 Å². The van der Waals surface area contributed by atoms with E-state index in [9.17, 15) is 0 Å². The second-order valence-electron chi connectivity index (χ2n) is 6.05. The summed E-state index contributed by atoms with van der Waals surface area (Å²) < 4.78 is 1.99. The van der Waals surface area contributed by atoms with Crippen LogP contribution >= 0.6 is 0 Å². The van der Waals surface area contributed by atoms with E-state index in [0.717, 1.165) is 12.3 Å². The highest BCUT2D eigenvalue weighted by Gasteiger charge is 2.15. The maximum atomic E-state index is 4.24. The Morgan fingerprint density at radius 1 is 1.32 bits per heavy atom. The zero-order valence-corrected chi connectivity index (χ0v) is 12.6. The normalized spacial score (nSPS) is 18.6. The molecule has 0 saturated heterocycles. The van der Waals surface area contributed by atoms with Crippen LogP contribution in [0.4, 0.5) is 0 Å². The third-order valence-electron chi connectivity index (χ3n) is 4.73. The van der Waals surface area contributed by atoms with E-state index < -0.39 is 0 Å². The second kappa shape index (κ2) is 7.68. The largest absolute Gasteiger partial charge is 0.317 e. The van der Waals surface area contributed by atoms with Gasteiger partial charge in [0.1, 0.15) is 0 Å². The maximum Gasteiger partial charge on any atom is 0.0492 e. The van der Waals surface area contributed by atoms with Crippen molar-refractivity contribution in [3.8, 4) is 0 Å². The molecule has 1 unspecified atom stereocenters. The Bertz CT molecular complexity index is 353. The maximum absolute atomic E-state index is 4.24. The molecule has 1 fully saturated rings. The molecule has 1 N–H and O–H groups in total. The summed E-state index contributed by atoms with van der Waals surface area (Å²) in [4.78, 5) is 0. The molecule has 0 radical (unpaired) electrons. The van der Waals surface area contributed by atoms with Crippen molar-refractivity contribution in [3.05, 3.63) is 18.0 Å². The van der Waals surface area contributed by atoms with Crippen molar-refractivity contribution < 1.29 is 0 Å². The number of hydrogen-bond donors (Lipinski definition) is 1. The van der Waals surface area contributed by atoms with Gasteiger partial charge in [-0.2, -0.15) is 5.10 Å². The summed E-state index contributed by atoms with van der Waals surface area (Å²) in [5, 5.41) is 7.73. The van der Waals surface area contributed by atoms with Crippen LogP contribution in [-0.4, -0.2) is 22.9 Å². The van der Waals surface area contributed by atoms with Gasteiger partial charge >= 0.3 is 0 Å². The molecular formula is C16H29N3. The average molecular weight is 263 g/mol. The topological polar surface area (TPSA) is 29.9 Å². The highest BCUT2D eigenvalue weighted by atomic mass is 15.2. The first-order chi connectivity index (χ1) is 9.29. The molecule has 108 valence electrons. The fraction of sp³-hybridized carbons (Fsp3) is 0.812. The molecule has 1 saturated carbocycles. The molecule has 3 heteroatoms. The molecule has 1 aromatic rings. The minimum atomic E-state index is 0.664. The Labute approximate surface area is 117 Å². The molecular weight excluding hydrogens is 234 g/mol. The van der Waals surface area contributed by atoms with Crippen molar-refractivity contribution in [2.75, 3.05) is 7.05 Å². The Kier molecular flexibility index (Phi) is 5.90. The van der Waals surface area contributed by atoms with Crippen LogP contribution in [0.3, 0.4) is 0 Å². The van der Waals surface area contributed by atoms with Gasteiger partial charge in [0.25, 0.3) is 0 Å². The van der Waals surface area contributed by atoms with Crippen molar-refractivity contribution in [3.63, 3.8) is 0 Å². The van der Waals surface area contributed by atoms with Gasteiger partial charge in [-0.15, -0.1) is 0 Å². The Balaban J connectivity index is 1.69. The number of aromatic nitrogens is 2. The minimum Gasteiger partial charge on any atom is -0.317 e. The number of rotatable bonds is 7. The summed E-state index contributed by atoms with van der Waals surface area (Å²) in [6, 6.07) is 2.80. The first kappa shape index (κ1) is 14.6. The zero-order valence-electron chi connectivity index (χ0n) is 12.6. The molecule has 1 aliphatic rings. The molecule has 1 aliphatic carbocycles. The van der Waals surface area contributed by atoms with E-state index in [0.29, 0.717) is 6.04 Å². The lowest BCUT2D eigenvalue weighted by Gasteiger charge is -2.24. The van der Waals surface area contributed by atoms with Gasteiger partial charge in [0, 0.05) is 25.0 Å². The zero-order chi connectivity index (χ0) is 13.5. The van der Waals surface area contributed by atoms with Crippen LogP contribution in [0.1, 0.15) is 57.1 Å². The van der Waals surface area contributed by atoms with Gasteiger partial charge < -0.3 is 5.32 Å². The summed E-state index contributed by atoms with van der Waals surface area (Å²) in [6.45, 7) is 0. The van der Waals surface area contributed by atoms with E-state index in [1.165, 1.54) is 57.1 Å². The van der Waals surface area contributed by atoms with Crippen molar-refractivity contribution in [1.29, 1.82) is 0 Å². The van der Waals surface area contributed by atoms with Crippen LogP contribution < -0.4 is 5.32 Å². The molecule has 0 amide bonds. The van der Waals surface area contributed by atoms with Crippen LogP contribution in [-0.2, 0) is 13.5 Å². The molecule has 1 aromatic heterocycles. The molecule has 0 aliphatic heterocycles. The minimum absolute atomic E-state index is 0.664. The monoisotopic (exact) mass is 263 g/mol. The van der Waals surface area contributed by atoms with E-state index in [-0.39, 0.29) is 0 Å². The van der Waals surface area contributed by atoms with Crippen molar-refractivity contribution >= 4 is 0 Å². The van der Waals surface area contributed by atoms with Gasteiger partial charge in [-0.05, 0) is 44.7 Å². The summed E-state index contributed by atoms with van der Waals surface area (Å²) in [6.07, 6.45) is 14.3. The number of nitrogens with one attached hydrogen (secondary N) is 1. The molecule has 0 aromatic carbocycles. The Morgan fingerprint density at radius 2 is 2.11 bits per heavy atom. The summed E-state index contributed by atoms with van der Waals surface area (Å²) in [7, 11) is 4.14. The lowest BCUT2D eigenvalue weighted by atomic mass is 9.85. The number of aryl methyl sites for hydroxylation is 2. The standard InChI is InChI=1S/C16H29N3/c1-17-15(9-8-14-6-4-3-5-7-14)10-11-16-12-13-18-19(16)2/h12-15,17H,3-11H2,1-2H3. The molecule has 0 spiro atoms. The van der Waals surface area contributed by atoms with E-state index in [4.69, 9.17) is 0 Å². The first-order valence-electron chi connectivity index (χ1n) is 7.93. The highest BCUT2D eigenvalue weighted by molar-refractivity contribution is 5.00. The third kappa shape index (κ3) is 4.64. The van der Waals surface area contributed by atoms with Crippen molar-refractivity contribution in [1.82, 2.24) is 15.1 Å². The summed E-state index contributed by atoms with van der Waals surface area (Å²) in [5.41, 5.74) is 1.35. The molecule has 3 nitrogen and oxygen atoms in total. The van der Waals surface area contributed by atoms with E-state index in [1.807, 2.05) is 17.9 Å². The van der Waals surface area contributed by atoms with Gasteiger partial charge in [-0.3, -0.25) is 4.68 Å². The van der Waals surface area contributed by atoms with Gasteiger partial charge in [0.15, 0.2) is 0 Å². The molecule has 1 heterocycles. The van der Waals surface area contributed by atoms with Gasteiger partial charge in [-0.25, -0.2) is 0 Å². The molecule has 2 rings (SSSR count). The smallest absolute Gasteiger partial charge is 0.0492 e. The lowest BCUT2D eigenvalue weighted by Crippen LogP contribution is -2.27. The SMILES string of the molecule is CNC(CCc1ccnn1C)CCC1CCCCC1. The van der Waals surface area contributed by atoms with Crippen molar-refractivity contribution in [2.24, 2.45) is 13.0 Å². The van der Waals surface area contributed by atoms with Crippen LogP contribution in [0.15, 0.2) is 12.3 Å². The first-order valence-corrected chi connectivity index (χ1v) is 7.93. The van der Waals surface area contributed by atoms with E-state index in [2.05, 4.69) is 23.5 Å². The van der Waals surface area contributed by atoms with Crippen LogP contribution in [0.5, 0.6) is 0 Å². The quantitative estimate of drug-likeness (QED) is 0.818. The predicted octanol–water partition coefficient (Wildman–Crippen LogP) is 3.30. The fourth-order valence-corrected chi connectivity index (χ4v) is 3.31. The second-order valence-corrected chi connectivity index (χ2v) is 6.05. The van der Waals surface area contributed by atoms with Crippen molar-refractivity contribution in [2.45, 2.75) is 63.8 Å². The van der Waals surface area contributed by atoms with Gasteiger partial charge in [-0.1, -0.05) is 32.1 Å². The number of nitrogens with zero attached hydrogens (tertiary/aromatic N) is 2. The Morgan fingerprint density at radius 3 is 2.74 bits per heavy atom. The molecule has 1 atom stereocenters. The van der Waals surface area contributed by atoms with Gasteiger partial charge in [0.2, 0.25) is 0 Å². The Hall–Kier alpha value is -0.830. The van der Waals surface area contributed by atoms with Crippen LogP contribution in [0.25, 0.3) is 0 Å². The lowest BCUT2D eigenvalue weighted by molar-refractivity contribution is 0.312. The average Bonchev–Trinajstić information content (AvgIpc) is 2.86. The van der Waals surface area contributed by atoms with E-state index in [1.54, 1.807) is 0 Å². The summed E-state index contributed by atoms with van der Waals surface area (Å²) in [5.74, 6) is 1.00. The molecule has 19 heavy (non-hydrogen) atoms. The van der Waals surface area contributed by atoms with E-state index >= 15 is 0 Å². The summed E-state index contributed by atoms with van der Waals surface area (Å²) >= 11 is 0. The highest BCUT2D eigenvalue weighted by Crippen LogP contribution is 2.28. The number of hydrogen-bond acceptors (Lipinski definition) is 2. The molecule has 0 bridgehead atoms. The van der Waals surface area contributed by atoms with Crippen LogP contribution in [0.2, 0.25) is 0 Å². The predicted molar refractivity (Wildman–Crippen MR) is 80.2 cm³/mol. The third-order valence-corrected chi connectivity index (χ3v) is 4.73. The van der Waals surface area contributed by atoms with Gasteiger partial charge in [0.05, 0.1) is 0 Å². The fourth-order valence-electron chi connectivity index (χ4n) is 3.31.